The van der Waals surface area contributed by atoms with Crippen LogP contribution in [0.25, 0.3) is 0 Å². The zero-order chi connectivity index (χ0) is 14.2. The van der Waals surface area contributed by atoms with Crippen molar-refractivity contribution in [2.45, 2.75) is 19.1 Å². The van der Waals surface area contributed by atoms with Crippen molar-refractivity contribution in [1.29, 1.82) is 0 Å². The lowest BCUT2D eigenvalue weighted by atomic mass is 10.1. The number of hydrogen-bond donors (Lipinski definition) is 3. The number of halogens is 1. The number of carbonyl (C=O) groups excluding carboxylic acids is 1. The summed E-state index contributed by atoms with van der Waals surface area (Å²) in [4.78, 5) is 13.7. The quantitative estimate of drug-likeness (QED) is 0.783. The zero-order valence-electron chi connectivity index (χ0n) is 11.2. The van der Waals surface area contributed by atoms with Crippen molar-refractivity contribution < 1.29 is 9.90 Å². The fourth-order valence-electron chi connectivity index (χ4n) is 2.34. The van der Waals surface area contributed by atoms with Crippen LogP contribution in [0.1, 0.15) is 18.5 Å². The Morgan fingerprint density at radius 3 is 2.84 bits per heavy atom. The van der Waals surface area contributed by atoms with Crippen LogP contribution >= 0.6 is 15.9 Å². The van der Waals surface area contributed by atoms with Gasteiger partial charge < -0.3 is 20.6 Å². The number of benzene rings is 1. The van der Waals surface area contributed by atoms with E-state index in [4.69, 9.17) is 0 Å². The van der Waals surface area contributed by atoms with Crippen LogP contribution in [0.3, 0.4) is 0 Å². The van der Waals surface area contributed by atoms with Gasteiger partial charge in [-0.05, 0) is 42.0 Å². The first kappa shape index (κ1) is 14.3. The molecule has 0 radical (unpaired) electrons. The predicted molar refractivity (Wildman–Crippen MR) is 79.5 cm³/mol. The first-order chi connectivity index (χ1) is 8.93. The van der Waals surface area contributed by atoms with Crippen LogP contribution in [-0.2, 0) is 4.79 Å². The fraction of sp³-hybridized carbons (Fsp3) is 0.462. The molecule has 1 heterocycles. The molecule has 1 amide bonds. The maximum atomic E-state index is 11.8. The summed E-state index contributed by atoms with van der Waals surface area (Å²) in [6, 6.07) is 3.57. The molecule has 3 N–H and O–H groups in total. The first-order valence-corrected chi connectivity index (χ1v) is 6.94. The van der Waals surface area contributed by atoms with Crippen LogP contribution in [0.2, 0.25) is 0 Å². The number of fused-ring (bicyclic) bond motifs is 1. The molecule has 0 aliphatic carbocycles. The molecule has 1 aliphatic rings. The van der Waals surface area contributed by atoms with E-state index in [1.54, 1.807) is 14.0 Å². The Morgan fingerprint density at radius 1 is 1.58 bits per heavy atom. The molecule has 0 saturated carbocycles. The number of nitrogens with zero attached hydrogens (tertiary/aromatic N) is 1. The standard InChI is InChI=1S/C13H18BrN3O2/c1-7(18)6-17(3)11-5-10-8(4-9(11)14)12(15-2)13(19)16-10/h4-5,7,12,15,18H,6H2,1-3H3,(H,16,19). The number of hydrogen-bond acceptors (Lipinski definition) is 4. The number of nitrogens with one attached hydrogen (secondary N) is 2. The van der Waals surface area contributed by atoms with Gasteiger partial charge in [0, 0.05) is 29.3 Å². The molecule has 0 bridgehead atoms. The molecule has 0 aromatic heterocycles. The van der Waals surface area contributed by atoms with Crippen LogP contribution in [0.4, 0.5) is 11.4 Å². The number of amides is 1. The van der Waals surface area contributed by atoms with Gasteiger partial charge in [-0.15, -0.1) is 0 Å². The van der Waals surface area contributed by atoms with Crippen LogP contribution < -0.4 is 15.5 Å². The highest BCUT2D eigenvalue weighted by atomic mass is 79.9. The number of rotatable bonds is 4. The summed E-state index contributed by atoms with van der Waals surface area (Å²) in [7, 11) is 3.67. The molecule has 104 valence electrons. The number of likely N-dealkylation sites (N-methyl/N-ethyl adjacent to an activating group) is 2. The zero-order valence-corrected chi connectivity index (χ0v) is 12.8. The van der Waals surface area contributed by atoms with Gasteiger partial charge in [0.05, 0.1) is 11.8 Å². The summed E-state index contributed by atoms with van der Waals surface area (Å²) in [5, 5.41) is 15.3. The van der Waals surface area contributed by atoms with E-state index < -0.39 is 6.10 Å². The van der Waals surface area contributed by atoms with Gasteiger partial charge in [0.1, 0.15) is 6.04 Å². The predicted octanol–water partition coefficient (Wildman–Crippen LogP) is 1.48. The van der Waals surface area contributed by atoms with Crippen molar-refractivity contribution in [2.24, 2.45) is 0 Å². The van der Waals surface area contributed by atoms with Crippen molar-refractivity contribution in [1.82, 2.24) is 5.32 Å². The fourth-order valence-corrected chi connectivity index (χ4v) is 3.01. The normalized spacial score (nSPS) is 19.0. The van der Waals surface area contributed by atoms with E-state index in [1.807, 2.05) is 24.1 Å². The second kappa shape index (κ2) is 5.48. The van der Waals surface area contributed by atoms with Crippen molar-refractivity contribution in [3.05, 3.63) is 22.2 Å². The molecule has 2 unspecified atom stereocenters. The van der Waals surface area contributed by atoms with Gasteiger partial charge in [-0.1, -0.05) is 0 Å². The average Bonchev–Trinajstić information content (AvgIpc) is 2.61. The molecule has 19 heavy (non-hydrogen) atoms. The molecule has 1 aromatic carbocycles. The van der Waals surface area contributed by atoms with Crippen LogP contribution in [0.5, 0.6) is 0 Å². The van der Waals surface area contributed by atoms with Gasteiger partial charge in [-0.25, -0.2) is 0 Å². The summed E-state index contributed by atoms with van der Waals surface area (Å²) in [5.41, 5.74) is 2.70. The van der Waals surface area contributed by atoms with Gasteiger partial charge in [-0.2, -0.15) is 0 Å². The minimum atomic E-state index is -0.412. The average molecular weight is 328 g/mol. The summed E-state index contributed by atoms with van der Waals surface area (Å²) >= 11 is 3.53. The Morgan fingerprint density at radius 2 is 2.26 bits per heavy atom. The Bertz CT molecular complexity index is 505. The molecule has 6 heteroatoms. The number of aliphatic hydroxyl groups excluding tert-OH is 1. The van der Waals surface area contributed by atoms with Crippen LogP contribution in [-0.4, -0.2) is 37.8 Å². The summed E-state index contributed by atoms with van der Waals surface area (Å²) in [6.45, 7) is 2.28. The van der Waals surface area contributed by atoms with E-state index in [1.165, 1.54) is 0 Å². The lowest BCUT2D eigenvalue weighted by molar-refractivity contribution is -0.117. The first-order valence-electron chi connectivity index (χ1n) is 6.14. The Kier molecular flexibility index (Phi) is 4.13. The molecule has 5 nitrogen and oxygen atoms in total. The van der Waals surface area contributed by atoms with Crippen molar-refractivity contribution >= 4 is 33.2 Å². The Labute approximate surface area is 121 Å². The van der Waals surface area contributed by atoms with Gasteiger partial charge in [0.25, 0.3) is 0 Å². The van der Waals surface area contributed by atoms with Crippen molar-refractivity contribution in [2.75, 3.05) is 30.9 Å². The van der Waals surface area contributed by atoms with Gasteiger partial charge in [0.15, 0.2) is 0 Å². The topological polar surface area (TPSA) is 64.6 Å². The molecule has 0 saturated heterocycles. The lowest BCUT2D eigenvalue weighted by Gasteiger charge is -2.23. The maximum Gasteiger partial charge on any atom is 0.246 e. The van der Waals surface area contributed by atoms with E-state index in [2.05, 4.69) is 26.6 Å². The Hall–Kier alpha value is -1.11. The molecular formula is C13H18BrN3O2. The van der Waals surface area contributed by atoms with E-state index in [0.717, 1.165) is 21.4 Å². The van der Waals surface area contributed by atoms with Crippen molar-refractivity contribution in [3.63, 3.8) is 0 Å². The van der Waals surface area contributed by atoms with E-state index in [0.29, 0.717) is 6.54 Å². The second-order valence-corrected chi connectivity index (χ2v) is 5.69. The van der Waals surface area contributed by atoms with E-state index in [9.17, 15) is 9.90 Å². The highest BCUT2D eigenvalue weighted by Crippen LogP contribution is 2.38. The molecule has 1 aromatic rings. The summed E-state index contributed by atoms with van der Waals surface area (Å²) in [6.07, 6.45) is -0.412. The Balaban J connectivity index is 2.36. The molecular weight excluding hydrogens is 310 g/mol. The molecule has 2 atom stereocenters. The second-order valence-electron chi connectivity index (χ2n) is 4.83. The third kappa shape index (κ3) is 2.75. The lowest BCUT2D eigenvalue weighted by Crippen LogP contribution is -2.27. The van der Waals surface area contributed by atoms with Crippen LogP contribution in [0.15, 0.2) is 16.6 Å². The molecule has 2 rings (SSSR count). The van der Waals surface area contributed by atoms with Crippen LogP contribution in [0, 0.1) is 0 Å². The minimum Gasteiger partial charge on any atom is -0.392 e. The summed E-state index contributed by atoms with van der Waals surface area (Å²) in [5.74, 6) is -0.0419. The monoisotopic (exact) mass is 327 g/mol. The van der Waals surface area contributed by atoms with Gasteiger partial charge in [-0.3, -0.25) is 4.79 Å². The third-order valence-electron chi connectivity index (χ3n) is 3.19. The molecule has 0 spiro atoms. The van der Waals surface area contributed by atoms with E-state index >= 15 is 0 Å². The minimum absolute atomic E-state index is 0.0419. The number of carbonyl (C=O) groups is 1. The van der Waals surface area contributed by atoms with Gasteiger partial charge in [0.2, 0.25) is 5.91 Å². The number of aliphatic hydroxyl groups is 1. The SMILES string of the molecule is CNC1C(=O)Nc2cc(N(C)CC(C)O)c(Br)cc21. The highest BCUT2D eigenvalue weighted by molar-refractivity contribution is 9.10. The molecule has 1 aliphatic heterocycles. The molecule has 0 fully saturated rings. The van der Waals surface area contributed by atoms with Crippen molar-refractivity contribution in [3.8, 4) is 0 Å². The van der Waals surface area contributed by atoms with Gasteiger partial charge >= 0.3 is 0 Å². The number of anilines is 2. The maximum absolute atomic E-state index is 11.8. The highest BCUT2D eigenvalue weighted by Gasteiger charge is 2.30. The van der Waals surface area contributed by atoms with E-state index in [-0.39, 0.29) is 11.9 Å². The summed E-state index contributed by atoms with van der Waals surface area (Å²) < 4.78 is 0.908. The smallest absolute Gasteiger partial charge is 0.246 e. The largest absolute Gasteiger partial charge is 0.392 e. The third-order valence-corrected chi connectivity index (χ3v) is 3.82.